The number of methoxy groups -OCH3 is 1. The Hall–Kier alpha value is -1.84. The molecule has 0 spiro atoms. The van der Waals surface area contributed by atoms with Gasteiger partial charge in [-0.25, -0.2) is 4.79 Å². The Balaban J connectivity index is 2.11. The standard InChI is InChI=1S/C13H15NO3/c1-9-8-13(9,12(16)17-2)14-11(15)10-6-4-3-5-7-10/h3-7,9H,8H2,1-2H3,(H,14,15)/t9-,13+/m1/s1. The predicted molar refractivity (Wildman–Crippen MR) is 62.4 cm³/mol. The highest BCUT2D eigenvalue weighted by atomic mass is 16.5. The van der Waals surface area contributed by atoms with Gasteiger partial charge in [-0.15, -0.1) is 0 Å². The summed E-state index contributed by atoms with van der Waals surface area (Å²) in [6.07, 6.45) is 0.637. The number of benzene rings is 1. The van der Waals surface area contributed by atoms with Crippen LogP contribution in [0.3, 0.4) is 0 Å². The first kappa shape index (κ1) is 11.6. The van der Waals surface area contributed by atoms with E-state index in [4.69, 9.17) is 4.74 Å². The second-order valence-corrected chi connectivity index (χ2v) is 4.39. The molecule has 0 aliphatic heterocycles. The van der Waals surface area contributed by atoms with Crippen molar-refractivity contribution < 1.29 is 14.3 Å². The Morgan fingerprint density at radius 3 is 2.41 bits per heavy atom. The maximum atomic E-state index is 11.9. The van der Waals surface area contributed by atoms with E-state index >= 15 is 0 Å². The van der Waals surface area contributed by atoms with Crippen LogP contribution in [-0.4, -0.2) is 24.5 Å². The molecule has 1 aliphatic carbocycles. The third-order valence-corrected chi connectivity index (χ3v) is 3.23. The molecule has 0 aromatic heterocycles. The lowest BCUT2D eigenvalue weighted by Gasteiger charge is -2.16. The van der Waals surface area contributed by atoms with Gasteiger partial charge in [0.1, 0.15) is 5.54 Å². The van der Waals surface area contributed by atoms with Crippen molar-refractivity contribution in [2.45, 2.75) is 18.9 Å². The predicted octanol–water partition coefficient (Wildman–Crippen LogP) is 1.37. The molecule has 2 rings (SSSR count). The highest BCUT2D eigenvalue weighted by Crippen LogP contribution is 2.44. The van der Waals surface area contributed by atoms with Gasteiger partial charge in [0.2, 0.25) is 0 Å². The number of hydrogen-bond donors (Lipinski definition) is 1. The number of hydrogen-bond acceptors (Lipinski definition) is 3. The third-order valence-electron chi connectivity index (χ3n) is 3.23. The van der Waals surface area contributed by atoms with Crippen molar-refractivity contribution in [3.8, 4) is 0 Å². The summed E-state index contributed by atoms with van der Waals surface area (Å²) in [6.45, 7) is 1.92. The topological polar surface area (TPSA) is 55.4 Å². The second-order valence-electron chi connectivity index (χ2n) is 4.39. The van der Waals surface area contributed by atoms with E-state index in [-0.39, 0.29) is 17.8 Å². The van der Waals surface area contributed by atoms with E-state index in [1.807, 2.05) is 13.0 Å². The molecular formula is C13H15NO3. The molecule has 0 unspecified atom stereocenters. The molecular weight excluding hydrogens is 218 g/mol. The summed E-state index contributed by atoms with van der Waals surface area (Å²) in [4.78, 5) is 23.6. The van der Waals surface area contributed by atoms with Crippen molar-refractivity contribution in [1.82, 2.24) is 5.32 Å². The molecule has 4 nitrogen and oxygen atoms in total. The van der Waals surface area contributed by atoms with Gasteiger partial charge in [-0.3, -0.25) is 4.79 Å². The summed E-state index contributed by atoms with van der Waals surface area (Å²) in [7, 11) is 1.34. The Morgan fingerprint density at radius 2 is 1.94 bits per heavy atom. The first-order chi connectivity index (χ1) is 8.10. The molecule has 1 amide bonds. The van der Waals surface area contributed by atoms with E-state index in [0.29, 0.717) is 12.0 Å². The van der Waals surface area contributed by atoms with Gasteiger partial charge in [-0.2, -0.15) is 0 Å². The molecule has 0 radical (unpaired) electrons. The van der Waals surface area contributed by atoms with E-state index in [0.717, 1.165) is 0 Å². The fraction of sp³-hybridized carbons (Fsp3) is 0.385. The molecule has 1 aromatic rings. The lowest BCUT2D eigenvalue weighted by Crippen LogP contribution is -2.45. The molecule has 1 aliphatic rings. The van der Waals surface area contributed by atoms with Crippen LogP contribution in [0.2, 0.25) is 0 Å². The quantitative estimate of drug-likeness (QED) is 0.802. The number of esters is 1. The van der Waals surface area contributed by atoms with Crippen LogP contribution in [0.1, 0.15) is 23.7 Å². The number of carbonyl (C=O) groups is 2. The minimum atomic E-state index is -0.818. The van der Waals surface area contributed by atoms with Crippen molar-refractivity contribution >= 4 is 11.9 Å². The molecule has 1 fully saturated rings. The SMILES string of the molecule is COC(=O)[C@]1(NC(=O)c2ccccc2)C[C@H]1C. The number of ether oxygens (including phenoxy) is 1. The minimum Gasteiger partial charge on any atom is -0.467 e. The van der Waals surface area contributed by atoms with E-state index in [9.17, 15) is 9.59 Å². The molecule has 4 heteroatoms. The average Bonchev–Trinajstić information content (AvgIpc) is 3.01. The van der Waals surface area contributed by atoms with Gasteiger partial charge in [-0.05, 0) is 24.5 Å². The van der Waals surface area contributed by atoms with Gasteiger partial charge in [0, 0.05) is 5.56 Å². The molecule has 0 bridgehead atoms. The van der Waals surface area contributed by atoms with Gasteiger partial charge >= 0.3 is 5.97 Å². The van der Waals surface area contributed by atoms with E-state index in [1.165, 1.54) is 7.11 Å². The molecule has 17 heavy (non-hydrogen) atoms. The van der Waals surface area contributed by atoms with E-state index < -0.39 is 5.54 Å². The van der Waals surface area contributed by atoms with Gasteiger partial charge in [0.05, 0.1) is 7.11 Å². The van der Waals surface area contributed by atoms with Crippen molar-refractivity contribution in [3.63, 3.8) is 0 Å². The minimum absolute atomic E-state index is 0.127. The first-order valence-electron chi connectivity index (χ1n) is 5.56. The Morgan fingerprint density at radius 1 is 1.35 bits per heavy atom. The molecule has 2 atom stereocenters. The number of rotatable bonds is 3. The Labute approximate surface area is 100.0 Å². The lowest BCUT2D eigenvalue weighted by atomic mass is 10.1. The van der Waals surface area contributed by atoms with Crippen LogP contribution in [0.4, 0.5) is 0 Å². The molecule has 0 heterocycles. The van der Waals surface area contributed by atoms with Crippen molar-refractivity contribution in [1.29, 1.82) is 0 Å². The number of amides is 1. The second kappa shape index (κ2) is 4.20. The summed E-state index contributed by atoms with van der Waals surface area (Å²) >= 11 is 0. The summed E-state index contributed by atoms with van der Waals surface area (Å²) < 4.78 is 4.73. The van der Waals surface area contributed by atoms with Crippen molar-refractivity contribution in [3.05, 3.63) is 35.9 Å². The normalized spacial score (nSPS) is 26.1. The molecule has 1 N–H and O–H groups in total. The summed E-state index contributed by atoms with van der Waals surface area (Å²) in [5.41, 5.74) is -0.267. The van der Waals surface area contributed by atoms with Crippen LogP contribution >= 0.6 is 0 Å². The smallest absolute Gasteiger partial charge is 0.331 e. The maximum absolute atomic E-state index is 11.9. The maximum Gasteiger partial charge on any atom is 0.331 e. The monoisotopic (exact) mass is 233 g/mol. The van der Waals surface area contributed by atoms with Crippen LogP contribution in [0.5, 0.6) is 0 Å². The lowest BCUT2D eigenvalue weighted by molar-refractivity contribution is -0.144. The van der Waals surface area contributed by atoms with Crippen LogP contribution in [0.15, 0.2) is 30.3 Å². The average molecular weight is 233 g/mol. The highest BCUT2D eigenvalue weighted by molar-refractivity contribution is 5.99. The highest BCUT2D eigenvalue weighted by Gasteiger charge is 2.59. The van der Waals surface area contributed by atoms with Crippen molar-refractivity contribution in [2.75, 3.05) is 7.11 Å². The zero-order chi connectivity index (χ0) is 12.5. The van der Waals surface area contributed by atoms with Crippen molar-refractivity contribution in [2.24, 2.45) is 5.92 Å². The summed E-state index contributed by atoms with van der Waals surface area (Å²) in [5.74, 6) is -0.475. The molecule has 90 valence electrons. The molecule has 1 saturated carbocycles. The van der Waals surface area contributed by atoms with Crippen LogP contribution in [-0.2, 0) is 9.53 Å². The van der Waals surface area contributed by atoms with Crippen LogP contribution in [0, 0.1) is 5.92 Å². The van der Waals surface area contributed by atoms with E-state index in [1.54, 1.807) is 24.3 Å². The Bertz CT molecular complexity index is 443. The van der Waals surface area contributed by atoms with Crippen LogP contribution in [0.25, 0.3) is 0 Å². The van der Waals surface area contributed by atoms with Gasteiger partial charge in [0.15, 0.2) is 0 Å². The fourth-order valence-electron chi connectivity index (χ4n) is 1.98. The van der Waals surface area contributed by atoms with Gasteiger partial charge < -0.3 is 10.1 Å². The summed E-state index contributed by atoms with van der Waals surface area (Å²) in [6, 6.07) is 8.85. The summed E-state index contributed by atoms with van der Waals surface area (Å²) in [5, 5.41) is 2.77. The fourth-order valence-corrected chi connectivity index (χ4v) is 1.98. The zero-order valence-corrected chi connectivity index (χ0v) is 9.90. The van der Waals surface area contributed by atoms with E-state index in [2.05, 4.69) is 5.32 Å². The first-order valence-corrected chi connectivity index (χ1v) is 5.56. The zero-order valence-electron chi connectivity index (χ0n) is 9.90. The molecule has 1 aromatic carbocycles. The molecule has 0 saturated heterocycles. The number of nitrogens with one attached hydrogen (secondary N) is 1. The van der Waals surface area contributed by atoms with Gasteiger partial charge in [-0.1, -0.05) is 25.1 Å². The van der Waals surface area contributed by atoms with Gasteiger partial charge in [0.25, 0.3) is 5.91 Å². The number of carbonyl (C=O) groups excluding carboxylic acids is 2. The Kier molecular flexibility index (Phi) is 2.88. The largest absolute Gasteiger partial charge is 0.467 e. The van der Waals surface area contributed by atoms with Crippen LogP contribution < -0.4 is 5.32 Å². The third kappa shape index (κ3) is 2.02.